The van der Waals surface area contributed by atoms with Crippen LogP contribution < -0.4 is 0 Å². The number of rotatable bonds is 4. The lowest BCUT2D eigenvalue weighted by atomic mass is 10.1. The number of hydrogen-bond donors (Lipinski definition) is 0. The Balaban J connectivity index is 1.73. The highest BCUT2D eigenvalue weighted by Gasteiger charge is 2.25. The third kappa shape index (κ3) is 3.11. The van der Waals surface area contributed by atoms with Crippen molar-refractivity contribution in [2.24, 2.45) is 0 Å². The number of benzene rings is 1. The van der Waals surface area contributed by atoms with Gasteiger partial charge in [0, 0.05) is 30.5 Å². The summed E-state index contributed by atoms with van der Waals surface area (Å²) in [7, 11) is 0. The first-order chi connectivity index (χ1) is 10.3. The summed E-state index contributed by atoms with van der Waals surface area (Å²) >= 11 is 0. The highest BCUT2D eigenvalue weighted by atomic mass is 19.1. The maximum atomic E-state index is 13.9. The van der Waals surface area contributed by atoms with Gasteiger partial charge in [-0.3, -0.25) is 9.58 Å². The second kappa shape index (κ2) is 6.06. The summed E-state index contributed by atoms with van der Waals surface area (Å²) in [4.78, 5) is 2.28. The number of hydrogen-bond acceptors (Lipinski definition) is 3. The van der Waals surface area contributed by atoms with E-state index in [9.17, 15) is 4.39 Å². The summed E-state index contributed by atoms with van der Waals surface area (Å²) in [6.45, 7) is 2.34. The molecule has 0 bridgehead atoms. The molecule has 1 aromatic carbocycles. The van der Waals surface area contributed by atoms with Crippen LogP contribution in [0.4, 0.5) is 4.39 Å². The van der Waals surface area contributed by atoms with E-state index in [1.165, 1.54) is 12.1 Å². The molecule has 1 fully saturated rings. The SMILES string of the molecule is N#Cc1ccc(F)c(CN2CCCC2Cn2cccn2)c1. The van der Waals surface area contributed by atoms with Crippen molar-refractivity contribution in [1.29, 1.82) is 5.26 Å². The fraction of sp³-hybridized carbons (Fsp3) is 0.375. The van der Waals surface area contributed by atoms with Crippen LogP contribution in [-0.4, -0.2) is 27.3 Å². The quantitative estimate of drug-likeness (QED) is 0.866. The Morgan fingerprint density at radius 1 is 1.43 bits per heavy atom. The molecule has 2 aromatic rings. The van der Waals surface area contributed by atoms with Crippen LogP contribution >= 0.6 is 0 Å². The van der Waals surface area contributed by atoms with E-state index in [4.69, 9.17) is 5.26 Å². The minimum absolute atomic E-state index is 0.237. The molecule has 0 N–H and O–H groups in total. The third-order valence-electron chi connectivity index (χ3n) is 4.00. The van der Waals surface area contributed by atoms with E-state index < -0.39 is 0 Å². The minimum Gasteiger partial charge on any atom is -0.294 e. The predicted molar refractivity (Wildman–Crippen MR) is 76.8 cm³/mol. The number of nitriles is 1. The van der Waals surface area contributed by atoms with Crippen molar-refractivity contribution >= 4 is 0 Å². The van der Waals surface area contributed by atoms with Crippen molar-refractivity contribution in [1.82, 2.24) is 14.7 Å². The smallest absolute Gasteiger partial charge is 0.127 e. The highest BCUT2D eigenvalue weighted by molar-refractivity contribution is 5.33. The summed E-state index contributed by atoms with van der Waals surface area (Å²) in [5.74, 6) is -0.237. The first-order valence-electron chi connectivity index (χ1n) is 7.16. The summed E-state index contributed by atoms with van der Waals surface area (Å²) in [6.07, 6.45) is 5.94. The zero-order valence-corrected chi connectivity index (χ0v) is 11.7. The largest absolute Gasteiger partial charge is 0.294 e. The molecule has 1 aliphatic rings. The zero-order chi connectivity index (χ0) is 14.7. The van der Waals surface area contributed by atoms with Gasteiger partial charge in [-0.15, -0.1) is 0 Å². The van der Waals surface area contributed by atoms with E-state index in [1.807, 2.05) is 16.9 Å². The molecule has 0 amide bonds. The van der Waals surface area contributed by atoms with Gasteiger partial charge in [-0.1, -0.05) is 0 Å². The number of nitrogens with zero attached hydrogens (tertiary/aromatic N) is 4. The van der Waals surface area contributed by atoms with Crippen LogP contribution in [0.2, 0.25) is 0 Å². The Kier molecular flexibility index (Phi) is 3.98. The van der Waals surface area contributed by atoms with Crippen molar-refractivity contribution in [3.8, 4) is 6.07 Å². The molecule has 0 radical (unpaired) electrons. The Hall–Kier alpha value is -2.19. The predicted octanol–water partition coefficient (Wildman–Crippen LogP) is 2.56. The normalized spacial score (nSPS) is 18.8. The van der Waals surface area contributed by atoms with E-state index in [1.54, 1.807) is 12.3 Å². The topological polar surface area (TPSA) is 44.9 Å². The molecule has 1 saturated heterocycles. The number of likely N-dealkylation sites (tertiary alicyclic amines) is 1. The van der Waals surface area contributed by atoms with Gasteiger partial charge in [-0.25, -0.2) is 4.39 Å². The molecule has 21 heavy (non-hydrogen) atoms. The first-order valence-corrected chi connectivity index (χ1v) is 7.16. The van der Waals surface area contributed by atoms with Crippen LogP contribution in [-0.2, 0) is 13.1 Å². The Labute approximate surface area is 123 Å². The molecule has 4 nitrogen and oxygen atoms in total. The molecule has 0 saturated carbocycles. The maximum Gasteiger partial charge on any atom is 0.127 e. The van der Waals surface area contributed by atoms with E-state index in [-0.39, 0.29) is 5.82 Å². The standard InChI is InChI=1S/C16H17FN4/c17-16-5-4-13(10-18)9-14(16)11-20-7-1-3-15(20)12-21-8-2-6-19-21/h2,4-6,8-9,15H,1,3,7,11-12H2. The zero-order valence-electron chi connectivity index (χ0n) is 11.7. The van der Waals surface area contributed by atoms with Crippen LogP contribution in [0.3, 0.4) is 0 Å². The van der Waals surface area contributed by atoms with Gasteiger partial charge >= 0.3 is 0 Å². The fourth-order valence-electron chi connectivity index (χ4n) is 2.92. The summed E-state index contributed by atoms with van der Waals surface area (Å²) < 4.78 is 15.8. The van der Waals surface area contributed by atoms with Crippen LogP contribution in [0.5, 0.6) is 0 Å². The van der Waals surface area contributed by atoms with Gasteiger partial charge in [0.15, 0.2) is 0 Å². The monoisotopic (exact) mass is 284 g/mol. The van der Waals surface area contributed by atoms with Gasteiger partial charge in [0.05, 0.1) is 18.2 Å². The van der Waals surface area contributed by atoms with Gasteiger partial charge < -0.3 is 0 Å². The Morgan fingerprint density at radius 3 is 3.10 bits per heavy atom. The van der Waals surface area contributed by atoms with Gasteiger partial charge in [0.1, 0.15) is 5.82 Å². The molecule has 1 aliphatic heterocycles. The minimum atomic E-state index is -0.237. The molecule has 2 heterocycles. The van der Waals surface area contributed by atoms with Crippen molar-refractivity contribution < 1.29 is 4.39 Å². The lowest BCUT2D eigenvalue weighted by molar-refractivity contribution is 0.216. The molecule has 1 atom stereocenters. The molecule has 1 aromatic heterocycles. The molecule has 108 valence electrons. The van der Waals surface area contributed by atoms with Crippen molar-refractivity contribution in [3.05, 3.63) is 53.6 Å². The van der Waals surface area contributed by atoms with E-state index in [0.29, 0.717) is 23.7 Å². The molecule has 1 unspecified atom stereocenters. The Morgan fingerprint density at radius 2 is 2.33 bits per heavy atom. The number of halogens is 1. The average molecular weight is 284 g/mol. The van der Waals surface area contributed by atoms with Crippen LogP contribution in [0.15, 0.2) is 36.7 Å². The van der Waals surface area contributed by atoms with Crippen LogP contribution in [0.1, 0.15) is 24.0 Å². The van der Waals surface area contributed by atoms with Gasteiger partial charge in [0.25, 0.3) is 0 Å². The van der Waals surface area contributed by atoms with Crippen molar-refractivity contribution in [3.63, 3.8) is 0 Å². The molecule has 3 rings (SSSR count). The first kappa shape index (κ1) is 13.8. The van der Waals surface area contributed by atoms with E-state index >= 15 is 0 Å². The average Bonchev–Trinajstić information content (AvgIpc) is 3.14. The molecule has 0 aliphatic carbocycles. The van der Waals surface area contributed by atoms with Gasteiger partial charge in [-0.2, -0.15) is 10.4 Å². The van der Waals surface area contributed by atoms with Gasteiger partial charge in [0.2, 0.25) is 0 Å². The Bertz CT molecular complexity index is 645. The van der Waals surface area contributed by atoms with E-state index in [2.05, 4.69) is 16.1 Å². The summed E-state index contributed by atoms with van der Waals surface area (Å²) in [5, 5.41) is 13.2. The second-order valence-electron chi connectivity index (χ2n) is 5.41. The lowest BCUT2D eigenvalue weighted by Crippen LogP contribution is -2.33. The maximum absolute atomic E-state index is 13.9. The molecule has 0 spiro atoms. The van der Waals surface area contributed by atoms with Crippen LogP contribution in [0, 0.1) is 17.1 Å². The molecular formula is C16H17FN4. The third-order valence-corrected chi connectivity index (χ3v) is 4.00. The summed E-state index contributed by atoms with van der Waals surface area (Å²) in [6, 6.07) is 8.90. The highest BCUT2D eigenvalue weighted by Crippen LogP contribution is 2.22. The summed E-state index contributed by atoms with van der Waals surface area (Å²) in [5.41, 5.74) is 1.11. The van der Waals surface area contributed by atoms with Gasteiger partial charge in [-0.05, 0) is 43.7 Å². The molecule has 5 heteroatoms. The van der Waals surface area contributed by atoms with E-state index in [0.717, 1.165) is 25.9 Å². The number of aromatic nitrogens is 2. The fourth-order valence-corrected chi connectivity index (χ4v) is 2.92. The van der Waals surface area contributed by atoms with Crippen LogP contribution in [0.25, 0.3) is 0 Å². The van der Waals surface area contributed by atoms with Crippen molar-refractivity contribution in [2.75, 3.05) is 6.54 Å². The molecular weight excluding hydrogens is 267 g/mol. The lowest BCUT2D eigenvalue weighted by Gasteiger charge is -2.24. The second-order valence-corrected chi connectivity index (χ2v) is 5.41. The van der Waals surface area contributed by atoms with Crippen molar-refractivity contribution in [2.45, 2.75) is 32.0 Å².